The molecule has 2 N–H and O–H groups in total. The second kappa shape index (κ2) is 7.11. The van der Waals surface area contributed by atoms with E-state index in [9.17, 15) is 9.59 Å². The average molecular weight is 383 g/mol. The predicted molar refractivity (Wildman–Crippen MR) is 105 cm³/mol. The lowest BCUT2D eigenvalue weighted by molar-refractivity contribution is -0.122. The number of fused-ring (bicyclic) bond motifs is 1. The number of thiophene rings is 1. The smallest absolute Gasteiger partial charge is 0.252 e. The predicted octanol–water partition coefficient (Wildman–Crippen LogP) is 2.40. The summed E-state index contributed by atoms with van der Waals surface area (Å²) in [6.07, 6.45) is 2.49. The molecular weight excluding hydrogens is 362 g/mol. The van der Waals surface area contributed by atoms with Crippen LogP contribution in [-0.4, -0.2) is 39.2 Å². The molecule has 4 rings (SSSR count). The average Bonchev–Trinajstić information content (AvgIpc) is 3.23. The van der Waals surface area contributed by atoms with E-state index in [0.29, 0.717) is 24.2 Å². The third kappa shape index (κ3) is 3.32. The van der Waals surface area contributed by atoms with Gasteiger partial charge in [0.15, 0.2) is 5.65 Å². The lowest BCUT2D eigenvalue weighted by atomic mass is 10.1. The number of carbonyl (C=O) groups excluding carboxylic acids is 2. The molecule has 0 saturated carbocycles. The Kier molecular flexibility index (Phi) is 4.65. The van der Waals surface area contributed by atoms with Gasteiger partial charge in [0.05, 0.1) is 27.2 Å². The van der Waals surface area contributed by atoms with Crippen LogP contribution in [0, 0.1) is 6.92 Å². The van der Waals surface area contributed by atoms with Gasteiger partial charge in [0.2, 0.25) is 5.91 Å². The van der Waals surface area contributed by atoms with Gasteiger partial charge in [0.25, 0.3) is 5.91 Å². The van der Waals surface area contributed by atoms with Crippen molar-refractivity contribution in [2.75, 3.05) is 6.54 Å². The van der Waals surface area contributed by atoms with E-state index >= 15 is 0 Å². The second-order valence-corrected chi connectivity index (χ2v) is 7.70. The van der Waals surface area contributed by atoms with Crippen molar-refractivity contribution in [1.82, 2.24) is 25.4 Å². The van der Waals surface area contributed by atoms with Gasteiger partial charge in [0, 0.05) is 13.6 Å². The van der Waals surface area contributed by atoms with Gasteiger partial charge in [-0.3, -0.25) is 14.3 Å². The fraction of sp³-hybridized carbons (Fsp3) is 0.368. The van der Waals surface area contributed by atoms with Gasteiger partial charge in [-0.1, -0.05) is 6.07 Å². The Morgan fingerprint density at radius 3 is 3.04 bits per heavy atom. The van der Waals surface area contributed by atoms with E-state index in [-0.39, 0.29) is 11.8 Å². The second-order valence-electron chi connectivity index (χ2n) is 6.75. The van der Waals surface area contributed by atoms with Crippen LogP contribution in [-0.2, 0) is 11.8 Å². The molecule has 1 atom stereocenters. The van der Waals surface area contributed by atoms with Gasteiger partial charge < -0.3 is 10.6 Å². The quantitative estimate of drug-likeness (QED) is 0.727. The van der Waals surface area contributed by atoms with Gasteiger partial charge in [0.1, 0.15) is 6.04 Å². The maximum absolute atomic E-state index is 13.1. The Bertz CT molecular complexity index is 1010. The van der Waals surface area contributed by atoms with Crippen molar-refractivity contribution in [3.8, 4) is 10.6 Å². The first-order chi connectivity index (χ1) is 13.0. The van der Waals surface area contributed by atoms with E-state index < -0.39 is 6.04 Å². The van der Waals surface area contributed by atoms with Crippen molar-refractivity contribution in [1.29, 1.82) is 0 Å². The number of aryl methyl sites for hydroxylation is 2. The summed E-state index contributed by atoms with van der Waals surface area (Å²) in [6, 6.07) is 5.22. The third-order valence-corrected chi connectivity index (χ3v) is 5.72. The summed E-state index contributed by atoms with van der Waals surface area (Å²) in [6.45, 7) is 2.53. The van der Waals surface area contributed by atoms with Gasteiger partial charge >= 0.3 is 0 Å². The summed E-state index contributed by atoms with van der Waals surface area (Å²) in [7, 11) is 1.82. The zero-order valence-electron chi connectivity index (χ0n) is 15.3. The monoisotopic (exact) mass is 383 g/mol. The first-order valence-corrected chi connectivity index (χ1v) is 9.89. The number of carbonyl (C=O) groups is 2. The van der Waals surface area contributed by atoms with Crippen LogP contribution in [0.2, 0.25) is 0 Å². The number of hydrogen-bond acceptors (Lipinski definition) is 5. The molecule has 0 aliphatic carbocycles. The van der Waals surface area contributed by atoms with E-state index in [4.69, 9.17) is 4.98 Å². The highest BCUT2D eigenvalue weighted by Crippen LogP contribution is 2.29. The van der Waals surface area contributed by atoms with Crippen LogP contribution in [0.5, 0.6) is 0 Å². The number of hydrogen-bond donors (Lipinski definition) is 2. The van der Waals surface area contributed by atoms with Crippen molar-refractivity contribution >= 4 is 34.2 Å². The van der Waals surface area contributed by atoms with Crippen LogP contribution in [0.25, 0.3) is 21.6 Å². The van der Waals surface area contributed by atoms with Crippen molar-refractivity contribution in [3.05, 3.63) is 34.8 Å². The minimum Gasteiger partial charge on any atom is -0.354 e. The highest BCUT2D eigenvalue weighted by molar-refractivity contribution is 7.13. The molecular formula is C19H21N5O2S. The molecule has 4 heterocycles. The van der Waals surface area contributed by atoms with Crippen LogP contribution in [0.15, 0.2) is 23.6 Å². The number of pyridine rings is 1. The molecule has 1 fully saturated rings. The minimum absolute atomic E-state index is 0.118. The number of nitrogens with one attached hydrogen (secondary N) is 2. The standard InChI is InChI=1S/C19H21N5O2S/c1-11-16-12(18(25)22-13-6-3-4-8-20-19(13)26)10-14(15-7-5-9-27-15)21-17(16)24(2)23-11/h5,7,9-10,13H,3-4,6,8H2,1-2H3,(H,20,26)(H,22,25). The summed E-state index contributed by atoms with van der Waals surface area (Å²) in [4.78, 5) is 31.0. The Morgan fingerprint density at radius 1 is 1.41 bits per heavy atom. The summed E-state index contributed by atoms with van der Waals surface area (Å²) < 4.78 is 1.69. The van der Waals surface area contributed by atoms with E-state index in [1.807, 2.05) is 31.5 Å². The van der Waals surface area contributed by atoms with Gasteiger partial charge in [-0.25, -0.2) is 4.98 Å². The molecule has 0 bridgehead atoms. The summed E-state index contributed by atoms with van der Waals surface area (Å²) in [5.41, 5.74) is 2.64. The maximum atomic E-state index is 13.1. The van der Waals surface area contributed by atoms with Crippen molar-refractivity contribution in [2.24, 2.45) is 7.05 Å². The van der Waals surface area contributed by atoms with E-state index in [1.54, 1.807) is 22.1 Å². The topological polar surface area (TPSA) is 88.9 Å². The molecule has 8 heteroatoms. The van der Waals surface area contributed by atoms with Crippen LogP contribution >= 0.6 is 11.3 Å². The van der Waals surface area contributed by atoms with E-state index in [2.05, 4.69) is 15.7 Å². The number of amides is 2. The highest BCUT2D eigenvalue weighted by Gasteiger charge is 2.25. The Balaban J connectivity index is 1.77. The largest absolute Gasteiger partial charge is 0.354 e. The molecule has 1 aliphatic rings. The molecule has 0 spiro atoms. The van der Waals surface area contributed by atoms with E-state index in [0.717, 1.165) is 34.5 Å². The zero-order chi connectivity index (χ0) is 19.0. The zero-order valence-corrected chi connectivity index (χ0v) is 16.1. The lowest BCUT2D eigenvalue weighted by Crippen LogP contribution is -2.45. The van der Waals surface area contributed by atoms with Gasteiger partial charge in [-0.05, 0) is 43.7 Å². The number of rotatable bonds is 3. The normalized spacial score (nSPS) is 17.6. The first-order valence-electron chi connectivity index (χ1n) is 9.01. The minimum atomic E-state index is -0.509. The molecule has 1 unspecified atom stereocenters. The summed E-state index contributed by atoms with van der Waals surface area (Å²) >= 11 is 1.57. The van der Waals surface area contributed by atoms with Crippen LogP contribution in [0.4, 0.5) is 0 Å². The molecule has 0 aromatic carbocycles. The lowest BCUT2D eigenvalue weighted by Gasteiger charge is -2.16. The number of aromatic nitrogens is 3. The fourth-order valence-corrected chi connectivity index (χ4v) is 4.17. The molecule has 1 saturated heterocycles. The maximum Gasteiger partial charge on any atom is 0.252 e. The van der Waals surface area contributed by atoms with Crippen LogP contribution in [0.1, 0.15) is 35.3 Å². The van der Waals surface area contributed by atoms with Gasteiger partial charge in [-0.15, -0.1) is 11.3 Å². The molecule has 27 heavy (non-hydrogen) atoms. The highest BCUT2D eigenvalue weighted by atomic mass is 32.1. The van der Waals surface area contributed by atoms with Crippen molar-refractivity contribution in [3.63, 3.8) is 0 Å². The van der Waals surface area contributed by atoms with Crippen LogP contribution in [0.3, 0.4) is 0 Å². The van der Waals surface area contributed by atoms with Gasteiger partial charge in [-0.2, -0.15) is 5.10 Å². The fourth-order valence-electron chi connectivity index (χ4n) is 3.49. The SMILES string of the molecule is Cc1nn(C)c2nc(-c3cccs3)cc(C(=O)NC3CCCCNC3=O)c12. The molecule has 2 amide bonds. The third-order valence-electron chi connectivity index (χ3n) is 4.83. The molecule has 0 radical (unpaired) electrons. The van der Waals surface area contributed by atoms with E-state index in [1.165, 1.54) is 0 Å². The van der Waals surface area contributed by atoms with Crippen molar-refractivity contribution < 1.29 is 9.59 Å². The first kappa shape index (κ1) is 17.7. The van der Waals surface area contributed by atoms with Crippen molar-refractivity contribution in [2.45, 2.75) is 32.2 Å². The number of nitrogens with zero attached hydrogens (tertiary/aromatic N) is 3. The molecule has 7 nitrogen and oxygen atoms in total. The summed E-state index contributed by atoms with van der Waals surface area (Å²) in [5, 5.41) is 12.9. The Labute approximate surface area is 160 Å². The molecule has 3 aromatic heterocycles. The Hall–Kier alpha value is -2.74. The molecule has 3 aromatic rings. The Morgan fingerprint density at radius 2 is 2.26 bits per heavy atom. The molecule has 1 aliphatic heterocycles. The van der Waals surface area contributed by atoms with Crippen LogP contribution < -0.4 is 10.6 Å². The summed E-state index contributed by atoms with van der Waals surface area (Å²) in [5.74, 6) is -0.383. The molecule has 140 valence electrons.